The maximum atomic E-state index is 13.5. The van der Waals surface area contributed by atoms with Crippen molar-refractivity contribution in [1.29, 1.82) is 0 Å². The minimum atomic E-state index is -0.233. The van der Waals surface area contributed by atoms with Crippen molar-refractivity contribution in [2.24, 2.45) is 0 Å². The second kappa shape index (κ2) is 9.34. The average molecular weight is 429 g/mol. The molecular formula is C25H23N3O4. The van der Waals surface area contributed by atoms with E-state index >= 15 is 0 Å². The number of aromatic nitrogens is 2. The number of fused-ring (bicyclic) bond motifs is 1. The number of nitrogens with one attached hydrogen (secondary N) is 1. The summed E-state index contributed by atoms with van der Waals surface area (Å²) in [5.41, 5.74) is 1.76. The number of para-hydroxylation sites is 1. The molecule has 4 rings (SSSR count). The Hall–Kier alpha value is -4.13. The van der Waals surface area contributed by atoms with Gasteiger partial charge in [-0.2, -0.15) is 0 Å². The molecule has 4 aromatic rings. The fraction of sp³-hybridized carbons (Fsp3) is 0.160. The van der Waals surface area contributed by atoms with E-state index in [1.807, 2.05) is 36.4 Å². The Morgan fingerprint density at radius 1 is 0.906 bits per heavy atom. The quantitative estimate of drug-likeness (QED) is 0.483. The van der Waals surface area contributed by atoms with Crippen molar-refractivity contribution in [1.82, 2.24) is 14.9 Å². The maximum Gasteiger partial charge on any atom is 0.258 e. The molecule has 7 nitrogen and oxygen atoms in total. The van der Waals surface area contributed by atoms with Crippen LogP contribution in [0.15, 0.2) is 77.6 Å². The van der Waals surface area contributed by atoms with E-state index in [0.717, 1.165) is 5.56 Å². The molecule has 0 atom stereocenters. The largest absolute Gasteiger partial charge is 0.493 e. The summed E-state index contributed by atoms with van der Waals surface area (Å²) < 4.78 is 10.6. The van der Waals surface area contributed by atoms with Gasteiger partial charge >= 0.3 is 0 Å². The van der Waals surface area contributed by atoms with Crippen LogP contribution in [0.2, 0.25) is 0 Å². The molecule has 1 N–H and O–H groups in total. The number of hydrogen-bond donors (Lipinski definition) is 1. The second-order valence-electron chi connectivity index (χ2n) is 7.25. The first-order valence-electron chi connectivity index (χ1n) is 10.1. The third kappa shape index (κ3) is 4.46. The van der Waals surface area contributed by atoms with E-state index in [1.165, 1.54) is 7.11 Å². The van der Waals surface area contributed by atoms with Crippen molar-refractivity contribution in [2.75, 3.05) is 14.2 Å². The summed E-state index contributed by atoms with van der Waals surface area (Å²) >= 11 is 0. The van der Waals surface area contributed by atoms with Crippen LogP contribution in [-0.2, 0) is 13.1 Å². The average Bonchev–Trinajstić information content (AvgIpc) is 2.83. The lowest BCUT2D eigenvalue weighted by atomic mass is 10.1. The van der Waals surface area contributed by atoms with Gasteiger partial charge in [0.2, 0.25) is 0 Å². The summed E-state index contributed by atoms with van der Waals surface area (Å²) in [4.78, 5) is 35.0. The van der Waals surface area contributed by atoms with Gasteiger partial charge in [0.1, 0.15) is 5.82 Å². The molecule has 0 aliphatic carbocycles. The number of aromatic amines is 1. The fourth-order valence-corrected chi connectivity index (χ4v) is 3.55. The highest BCUT2D eigenvalue weighted by Gasteiger charge is 2.20. The summed E-state index contributed by atoms with van der Waals surface area (Å²) in [5, 5.41) is 0.511. The first-order chi connectivity index (χ1) is 15.6. The Bertz CT molecular complexity index is 1300. The van der Waals surface area contributed by atoms with Gasteiger partial charge in [-0.25, -0.2) is 4.98 Å². The summed E-state index contributed by atoms with van der Waals surface area (Å²) in [6.45, 7) is 0.493. The van der Waals surface area contributed by atoms with Crippen LogP contribution in [0.3, 0.4) is 0 Å². The monoisotopic (exact) mass is 429 g/mol. The lowest BCUT2D eigenvalue weighted by molar-refractivity contribution is 0.0725. The summed E-state index contributed by atoms with van der Waals surface area (Å²) in [5.74, 6) is 1.21. The molecule has 7 heteroatoms. The molecule has 0 aliphatic heterocycles. The molecule has 0 unspecified atom stereocenters. The molecule has 1 aromatic heterocycles. The van der Waals surface area contributed by atoms with Gasteiger partial charge in [0.15, 0.2) is 11.5 Å². The molecule has 0 aliphatic rings. The van der Waals surface area contributed by atoms with Crippen molar-refractivity contribution >= 4 is 16.8 Å². The molecule has 0 radical (unpaired) electrons. The molecule has 3 aromatic carbocycles. The van der Waals surface area contributed by atoms with Crippen LogP contribution >= 0.6 is 0 Å². The van der Waals surface area contributed by atoms with Crippen molar-refractivity contribution in [3.05, 3.63) is 100 Å². The van der Waals surface area contributed by atoms with Crippen LogP contribution in [0.1, 0.15) is 21.7 Å². The third-order valence-electron chi connectivity index (χ3n) is 5.14. The molecule has 162 valence electrons. The molecular weight excluding hydrogens is 406 g/mol. The number of benzene rings is 3. The van der Waals surface area contributed by atoms with Crippen molar-refractivity contribution in [2.45, 2.75) is 13.1 Å². The topological polar surface area (TPSA) is 84.5 Å². The third-order valence-corrected chi connectivity index (χ3v) is 5.14. The van der Waals surface area contributed by atoms with Crippen LogP contribution in [0.4, 0.5) is 0 Å². The standard InChI is InChI=1S/C25H23N3O4/c1-31-21-13-12-18(14-22(21)32-2)25(30)28(15-17-8-4-3-5-9-17)16-23-26-20-11-7-6-10-19(20)24(29)27-23/h3-14H,15-16H2,1-2H3,(H,26,27,29). The number of rotatable bonds is 7. The molecule has 1 heterocycles. The number of amides is 1. The molecule has 0 saturated carbocycles. The number of methoxy groups -OCH3 is 2. The zero-order chi connectivity index (χ0) is 22.5. The van der Waals surface area contributed by atoms with Crippen molar-refractivity contribution < 1.29 is 14.3 Å². The van der Waals surface area contributed by atoms with Gasteiger partial charge in [-0.3, -0.25) is 9.59 Å². The van der Waals surface area contributed by atoms with E-state index in [0.29, 0.717) is 40.3 Å². The van der Waals surface area contributed by atoms with Gasteiger partial charge in [-0.15, -0.1) is 0 Å². The number of carbonyl (C=O) groups is 1. The Kier molecular flexibility index (Phi) is 6.17. The van der Waals surface area contributed by atoms with Gasteiger partial charge in [0, 0.05) is 12.1 Å². The molecule has 32 heavy (non-hydrogen) atoms. The Morgan fingerprint density at radius 3 is 2.38 bits per heavy atom. The molecule has 0 spiro atoms. The number of H-pyrrole nitrogens is 1. The maximum absolute atomic E-state index is 13.5. The number of nitrogens with zero attached hydrogens (tertiary/aromatic N) is 2. The summed E-state index contributed by atoms with van der Waals surface area (Å²) in [6, 6.07) is 21.8. The minimum absolute atomic E-state index is 0.141. The van der Waals surface area contributed by atoms with Crippen LogP contribution in [0.5, 0.6) is 11.5 Å². The first-order valence-corrected chi connectivity index (χ1v) is 10.1. The molecule has 0 fully saturated rings. The predicted octanol–water partition coefficient (Wildman–Crippen LogP) is 3.78. The van der Waals surface area contributed by atoms with Gasteiger partial charge in [0.25, 0.3) is 11.5 Å². The van der Waals surface area contributed by atoms with E-state index in [9.17, 15) is 9.59 Å². The number of ether oxygens (including phenoxy) is 2. The fourth-order valence-electron chi connectivity index (χ4n) is 3.55. The van der Waals surface area contributed by atoms with Crippen LogP contribution in [0, 0.1) is 0 Å². The molecule has 0 saturated heterocycles. The van der Waals surface area contributed by atoms with Crippen molar-refractivity contribution in [3.63, 3.8) is 0 Å². The highest BCUT2D eigenvalue weighted by Crippen LogP contribution is 2.28. The SMILES string of the molecule is COc1ccc(C(=O)N(Cc2ccccc2)Cc2nc3ccccc3c(=O)[nH]2)cc1OC. The van der Waals surface area contributed by atoms with E-state index < -0.39 is 0 Å². The van der Waals surface area contributed by atoms with E-state index in [-0.39, 0.29) is 18.0 Å². The van der Waals surface area contributed by atoms with Gasteiger partial charge in [-0.05, 0) is 35.9 Å². The van der Waals surface area contributed by atoms with E-state index in [2.05, 4.69) is 9.97 Å². The normalized spacial score (nSPS) is 10.7. The summed E-state index contributed by atoms with van der Waals surface area (Å²) in [7, 11) is 3.07. The smallest absolute Gasteiger partial charge is 0.258 e. The van der Waals surface area contributed by atoms with Crippen LogP contribution < -0.4 is 15.0 Å². The zero-order valence-corrected chi connectivity index (χ0v) is 17.9. The number of carbonyl (C=O) groups excluding carboxylic acids is 1. The first kappa shape index (κ1) is 21.1. The van der Waals surface area contributed by atoms with E-state index in [4.69, 9.17) is 9.47 Å². The van der Waals surface area contributed by atoms with Crippen LogP contribution in [-0.4, -0.2) is 35.0 Å². The Labute approximate surface area is 185 Å². The minimum Gasteiger partial charge on any atom is -0.493 e. The van der Waals surface area contributed by atoms with Crippen molar-refractivity contribution in [3.8, 4) is 11.5 Å². The Morgan fingerprint density at radius 2 is 1.62 bits per heavy atom. The number of hydrogen-bond acceptors (Lipinski definition) is 5. The molecule has 1 amide bonds. The molecule has 0 bridgehead atoms. The Balaban J connectivity index is 1.70. The lowest BCUT2D eigenvalue weighted by Crippen LogP contribution is -2.31. The summed E-state index contributed by atoms with van der Waals surface area (Å²) in [6.07, 6.45) is 0. The zero-order valence-electron chi connectivity index (χ0n) is 17.9. The highest BCUT2D eigenvalue weighted by molar-refractivity contribution is 5.95. The van der Waals surface area contributed by atoms with E-state index in [1.54, 1.807) is 48.4 Å². The second-order valence-corrected chi connectivity index (χ2v) is 7.25. The predicted molar refractivity (Wildman–Crippen MR) is 122 cm³/mol. The van der Waals surface area contributed by atoms with Gasteiger partial charge in [-0.1, -0.05) is 42.5 Å². The van der Waals surface area contributed by atoms with Gasteiger partial charge < -0.3 is 19.4 Å². The van der Waals surface area contributed by atoms with Crippen LogP contribution in [0.25, 0.3) is 10.9 Å². The lowest BCUT2D eigenvalue weighted by Gasteiger charge is -2.23. The highest BCUT2D eigenvalue weighted by atomic mass is 16.5. The van der Waals surface area contributed by atoms with Gasteiger partial charge in [0.05, 0.1) is 31.7 Å².